The fraction of sp³-hybridized carbons (Fsp3) is 0.764. The number of allylic oxidation sites excluding steroid dienone is 6. The maximum Gasteiger partial charge on any atom is 0.329 e. The minimum absolute atomic E-state index is 0.0560. The van der Waals surface area contributed by atoms with Crippen LogP contribution in [0, 0.1) is 35.5 Å². The van der Waals surface area contributed by atoms with Crippen molar-refractivity contribution in [3.8, 4) is 0 Å². The molecule has 396 valence electrons. The van der Waals surface area contributed by atoms with E-state index in [1.165, 1.54) is 12.0 Å². The monoisotopic (exact) mass is 986 g/mol. The maximum atomic E-state index is 14.5. The van der Waals surface area contributed by atoms with E-state index in [0.29, 0.717) is 70.0 Å². The lowest BCUT2D eigenvalue weighted by Gasteiger charge is -2.42. The number of amides is 1. The molecule has 0 spiro atoms. The third-order valence-corrected chi connectivity index (χ3v) is 15.2. The summed E-state index contributed by atoms with van der Waals surface area (Å²) >= 11 is 0. The summed E-state index contributed by atoms with van der Waals surface area (Å²) in [7, 11) is 4.72. The molecule has 4 aliphatic rings. The van der Waals surface area contributed by atoms with Crippen molar-refractivity contribution in [2.24, 2.45) is 35.5 Å². The lowest BCUT2D eigenvalue weighted by molar-refractivity contribution is -0.265. The predicted molar refractivity (Wildman–Crippen MR) is 265 cm³/mol. The number of rotatable bonds is 11. The number of carbonyl (C=O) groups is 5. The van der Waals surface area contributed by atoms with Gasteiger partial charge in [0.25, 0.3) is 11.7 Å². The zero-order chi connectivity index (χ0) is 51.7. The highest BCUT2D eigenvalue weighted by molar-refractivity contribution is 6.39. The summed E-state index contributed by atoms with van der Waals surface area (Å²) in [4.78, 5) is 72.9. The Hall–Kier alpha value is -3.41. The third-order valence-electron chi connectivity index (χ3n) is 15.2. The Bertz CT molecular complexity index is 1840. The number of ether oxygens (including phenoxy) is 7. The van der Waals surface area contributed by atoms with E-state index in [-0.39, 0.29) is 80.0 Å². The molecule has 2 saturated heterocycles. The van der Waals surface area contributed by atoms with Crippen LogP contribution in [0.1, 0.15) is 132 Å². The molecule has 15 heteroatoms. The van der Waals surface area contributed by atoms with Crippen molar-refractivity contribution in [1.29, 1.82) is 0 Å². The highest BCUT2D eigenvalue weighted by Crippen LogP contribution is 2.38. The van der Waals surface area contributed by atoms with Crippen LogP contribution in [0.2, 0.25) is 0 Å². The number of fused-ring (bicyclic) bond motifs is 3. The highest BCUT2D eigenvalue weighted by atomic mass is 16.6. The molecule has 3 aliphatic heterocycles. The summed E-state index contributed by atoms with van der Waals surface area (Å²) < 4.78 is 42.2. The van der Waals surface area contributed by atoms with Gasteiger partial charge in [-0.15, -0.1) is 0 Å². The lowest BCUT2D eigenvalue weighted by atomic mass is 9.78. The Morgan fingerprint density at radius 1 is 0.829 bits per heavy atom. The zero-order valence-corrected chi connectivity index (χ0v) is 44.1. The number of hydrogen-bond acceptors (Lipinski definition) is 14. The number of piperidine rings is 1. The van der Waals surface area contributed by atoms with Gasteiger partial charge in [0.1, 0.15) is 30.1 Å². The second kappa shape index (κ2) is 28.7. The molecule has 3 fully saturated rings. The molecule has 0 aromatic carbocycles. The van der Waals surface area contributed by atoms with Crippen molar-refractivity contribution in [1.82, 2.24) is 4.90 Å². The standard InChI is InChI=1S/C55H87NO14/c1-12-67-50-39(7)29-36(4)44(58)33-47(37(5)30-41-22-24-45(68-27-26-57)48(31-41)65-10)69-54(62)43-20-16-17-25-56(43)53(61)52(60)55(63)40(8)21-23-42(70-55)32-46(64-9)35(3)19-15-13-14-18-34(2)28-38(6)49(59)51(50)66-11/h13-15,18-19,29,34,36-38,40-43,45-48,50-51,57,63H,12,16-17,20-28,30-33H2,1-11H3/b15-13+,18-14+,35-19+,39-29+/t34-,36-,37-,38-,40-,41+,42+,43+,45-,46+,47+,48-,50-,51+,55-/m1/s1. The molecule has 3 heterocycles. The van der Waals surface area contributed by atoms with Crippen LogP contribution in [0.5, 0.6) is 0 Å². The van der Waals surface area contributed by atoms with Crippen LogP contribution in [0.4, 0.5) is 0 Å². The minimum Gasteiger partial charge on any atom is -0.460 e. The molecule has 15 atom stereocenters. The summed E-state index contributed by atoms with van der Waals surface area (Å²) in [6.45, 7) is 15.5. The van der Waals surface area contributed by atoms with E-state index in [1.54, 1.807) is 34.1 Å². The number of hydrogen-bond donors (Lipinski definition) is 2. The number of Topliss-reactive ketones (excluding diaryl/α,β-unsaturated/α-hetero) is 3. The van der Waals surface area contributed by atoms with Crippen LogP contribution in [0.3, 0.4) is 0 Å². The van der Waals surface area contributed by atoms with Gasteiger partial charge < -0.3 is 48.3 Å². The number of esters is 1. The van der Waals surface area contributed by atoms with Gasteiger partial charge in [-0.25, -0.2) is 4.79 Å². The summed E-state index contributed by atoms with van der Waals surface area (Å²) in [5.41, 5.74) is 1.55. The maximum absolute atomic E-state index is 14.5. The van der Waals surface area contributed by atoms with Gasteiger partial charge in [0.05, 0.1) is 37.6 Å². The number of aliphatic hydroxyl groups is 2. The summed E-state index contributed by atoms with van der Waals surface area (Å²) in [6.07, 6.45) is 13.4. The number of carbonyl (C=O) groups excluding carboxylic acids is 5. The van der Waals surface area contributed by atoms with Crippen LogP contribution < -0.4 is 0 Å². The van der Waals surface area contributed by atoms with Crippen molar-refractivity contribution >= 4 is 29.2 Å². The molecule has 0 aromatic heterocycles. The zero-order valence-electron chi connectivity index (χ0n) is 44.1. The number of ketones is 3. The Labute approximate surface area is 418 Å². The number of methoxy groups -OCH3 is 3. The molecule has 70 heavy (non-hydrogen) atoms. The van der Waals surface area contributed by atoms with Crippen LogP contribution in [0.15, 0.2) is 47.6 Å². The summed E-state index contributed by atoms with van der Waals surface area (Å²) in [5.74, 6) is -7.43. The van der Waals surface area contributed by atoms with E-state index in [2.05, 4.69) is 6.92 Å². The Kier molecular flexibility index (Phi) is 24.3. The summed E-state index contributed by atoms with van der Waals surface area (Å²) in [6, 6.07) is -1.13. The Morgan fingerprint density at radius 2 is 1.57 bits per heavy atom. The van der Waals surface area contributed by atoms with Gasteiger partial charge in [-0.05, 0) is 114 Å². The van der Waals surface area contributed by atoms with Crippen LogP contribution >= 0.6 is 0 Å². The Morgan fingerprint density at radius 3 is 2.24 bits per heavy atom. The van der Waals surface area contributed by atoms with Gasteiger partial charge in [0, 0.05) is 65.1 Å². The van der Waals surface area contributed by atoms with Gasteiger partial charge in [-0.2, -0.15) is 0 Å². The molecule has 0 radical (unpaired) electrons. The van der Waals surface area contributed by atoms with E-state index in [4.69, 9.17) is 33.2 Å². The predicted octanol–water partition coefficient (Wildman–Crippen LogP) is 7.24. The molecule has 4 rings (SSSR count). The SMILES string of the molecule is CCO[C@@H]1/C(C)=C/[C@@H](C)C(=O)C[C@@H]([C@H](C)C[C@@H]2CC[C@@H](OCCO)[C@H](OC)C2)OC(=O)[C@@H]2CCCCN2C(=O)C(=O)[C@]2(O)O[C@@H](CC[C@H]2C)C[C@H](OC)/C(C)=C/C=C/C=C/[C@@H](C)C[C@@H](C)C(=O)[C@@H]1OC. The first-order chi connectivity index (χ1) is 33.3. The van der Waals surface area contributed by atoms with Crippen molar-refractivity contribution in [3.63, 3.8) is 0 Å². The van der Waals surface area contributed by atoms with Gasteiger partial charge in [-0.1, -0.05) is 71.1 Å². The molecule has 0 aromatic rings. The molecule has 1 saturated carbocycles. The van der Waals surface area contributed by atoms with E-state index >= 15 is 0 Å². The minimum atomic E-state index is -2.43. The Balaban J connectivity index is 1.73. The van der Waals surface area contributed by atoms with Crippen LogP contribution in [-0.4, -0.2) is 147 Å². The first kappa shape index (κ1) is 59.2. The van der Waals surface area contributed by atoms with E-state index < -0.39 is 71.8 Å². The molecule has 1 aliphatic carbocycles. The summed E-state index contributed by atoms with van der Waals surface area (Å²) in [5, 5.41) is 21.4. The number of nitrogens with zero attached hydrogens (tertiary/aromatic N) is 1. The first-order valence-electron chi connectivity index (χ1n) is 26.0. The van der Waals surface area contributed by atoms with Crippen molar-refractivity contribution in [3.05, 3.63) is 47.6 Å². The molecule has 15 nitrogen and oxygen atoms in total. The second-order valence-electron chi connectivity index (χ2n) is 20.6. The van der Waals surface area contributed by atoms with Crippen LogP contribution in [-0.2, 0) is 57.1 Å². The fourth-order valence-corrected chi connectivity index (χ4v) is 10.9. The van der Waals surface area contributed by atoms with E-state index in [0.717, 1.165) is 12.0 Å². The molecule has 0 unspecified atom stereocenters. The number of cyclic esters (lactones) is 1. The van der Waals surface area contributed by atoms with E-state index in [1.807, 2.05) is 65.0 Å². The topological polar surface area (TPSA) is 194 Å². The molecular formula is C55H87NO14. The second-order valence-corrected chi connectivity index (χ2v) is 20.6. The molecule has 2 N–H and O–H groups in total. The van der Waals surface area contributed by atoms with E-state index in [9.17, 15) is 34.2 Å². The molecule has 2 bridgehead atoms. The largest absolute Gasteiger partial charge is 0.460 e. The van der Waals surface area contributed by atoms with Crippen LogP contribution in [0.25, 0.3) is 0 Å². The van der Waals surface area contributed by atoms with Crippen molar-refractivity contribution in [2.75, 3.05) is 47.7 Å². The number of aliphatic hydroxyl groups excluding tert-OH is 1. The quantitative estimate of drug-likeness (QED) is 0.120. The average molecular weight is 986 g/mol. The van der Waals surface area contributed by atoms with Crippen molar-refractivity contribution in [2.45, 2.75) is 187 Å². The lowest BCUT2D eigenvalue weighted by Crippen LogP contribution is -2.61. The van der Waals surface area contributed by atoms with Gasteiger partial charge in [-0.3, -0.25) is 19.2 Å². The van der Waals surface area contributed by atoms with Gasteiger partial charge in [0.15, 0.2) is 5.78 Å². The molecule has 1 amide bonds. The van der Waals surface area contributed by atoms with Gasteiger partial charge >= 0.3 is 5.97 Å². The fourth-order valence-electron chi connectivity index (χ4n) is 10.9. The first-order valence-corrected chi connectivity index (χ1v) is 26.0. The normalized spacial score (nSPS) is 38.4. The van der Waals surface area contributed by atoms with Crippen molar-refractivity contribution < 1.29 is 67.3 Å². The third kappa shape index (κ3) is 16.0. The van der Waals surface area contributed by atoms with Gasteiger partial charge in [0.2, 0.25) is 5.79 Å². The smallest absolute Gasteiger partial charge is 0.329 e. The molecular weight excluding hydrogens is 899 g/mol. The highest BCUT2D eigenvalue weighted by Gasteiger charge is 2.53. The average Bonchev–Trinajstić information content (AvgIpc) is 3.34.